The number of thiophene rings is 1. The van der Waals surface area contributed by atoms with Crippen LogP contribution >= 0.6 is 39.5 Å². The zero-order valence-corrected chi connectivity index (χ0v) is 14.7. The molecule has 1 aromatic carbocycles. The smallest absolute Gasteiger partial charge is 0.216 e. The summed E-state index contributed by atoms with van der Waals surface area (Å²) < 4.78 is 8.26. The number of aromatic amines is 1. The molecule has 0 spiro atoms. The van der Waals surface area contributed by atoms with Crippen molar-refractivity contribution in [1.29, 1.82) is 0 Å². The number of benzene rings is 1. The molecule has 2 aromatic heterocycles. The summed E-state index contributed by atoms with van der Waals surface area (Å²) in [7, 11) is 1.63. The molecular formula is C14H11BrN4OS2. The average Bonchev–Trinajstić information content (AvgIpc) is 3.11. The Kier molecular flexibility index (Phi) is 4.51. The molecule has 0 saturated heterocycles. The molecule has 0 fully saturated rings. The number of ether oxygens (including phenoxy) is 1. The zero-order chi connectivity index (χ0) is 15.5. The fourth-order valence-corrected chi connectivity index (χ4v) is 3.31. The largest absolute Gasteiger partial charge is 0.497 e. The average molecular weight is 395 g/mol. The summed E-state index contributed by atoms with van der Waals surface area (Å²) in [6, 6.07) is 11.5. The van der Waals surface area contributed by atoms with Crippen LogP contribution in [0.15, 0.2) is 45.3 Å². The summed E-state index contributed by atoms with van der Waals surface area (Å²) >= 11 is 10.3. The van der Waals surface area contributed by atoms with Crippen LogP contribution in [0.4, 0.5) is 0 Å². The van der Waals surface area contributed by atoms with Crippen LogP contribution in [0.25, 0.3) is 11.4 Å². The van der Waals surface area contributed by atoms with Gasteiger partial charge < -0.3 is 4.74 Å². The summed E-state index contributed by atoms with van der Waals surface area (Å²) in [5.41, 5.74) is 0.901. The molecule has 8 heteroatoms. The first-order valence-electron chi connectivity index (χ1n) is 6.29. The minimum absolute atomic E-state index is 0.442. The van der Waals surface area contributed by atoms with E-state index in [1.807, 2.05) is 36.4 Å². The first-order chi connectivity index (χ1) is 10.7. The highest BCUT2D eigenvalue weighted by Crippen LogP contribution is 2.22. The quantitative estimate of drug-likeness (QED) is 0.529. The second kappa shape index (κ2) is 6.55. The molecule has 3 rings (SSSR count). The van der Waals surface area contributed by atoms with E-state index in [2.05, 4.69) is 31.2 Å². The molecule has 0 atom stereocenters. The lowest BCUT2D eigenvalue weighted by molar-refractivity contribution is 0.415. The third-order valence-corrected chi connectivity index (χ3v) is 4.72. The Morgan fingerprint density at radius 1 is 1.32 bits per heavy atom. The van der Waals surface area contributed by atoms with Crippen LogP contribution in [0.5, 0.6) is 5.75 Å². The lowest BCUT2D eigenvalue weighted by atomic mass is 10.2. The number of halogens is 1. The second-order valence-electron chi connectivity index (χ2n) is 4.28. The molecule has 0 aliphatic heterocycles. The van der Waals surface area contributed by atoms with Crippen LogP contribution in [-0.2, 0) is 0 Å². The summed E-state index contributed by atoms with van der Waals surface area (Å²) in [5.74, 6) is 1.44. The van der Waals surface area contributed by atoms with Crippen LogP contribution < -0.4 is 4.74 Å². The lowest BCUT2D eigenvalue weighted by Gasteiger charge is -2.02. The number of hydrogen-bond acceptors (Lipinski definition) is 5. The Labute approximate surface area is 144 Å². The van der Waals surface area contributed by atoms with Crippen molar-refractivity contribution in [3.8, 4) is 17.1 Å². The van der Waals surface area contributed by atoms with Gasteiger partial charge in [0.25, 0.3) is 0 Å². The van der Waals surface area contributed by atoms with E-state index in [9.17, 15) is 0 Å². The highest BCUT2D eigenvalue weighted by molar-refractivity contribution is 9.11. The van der Waals surface area contributed by atoms with Gasteiger partial charge >= 0.3 is 0 Å². The monoisotopic (exact) mass is 394 g/mol. The molecule has 0 radical (unpaired) electrons. The highest BCUT2D eigenvalue weighted by Gasteiger charge is 2.08. The van der Waals surface area contributed by atoms with Crippen molar-refractivity contribution in [2.24, 2.45) is 5.10 Å². The second-order valence-corrected chi connectivity index (χ2v) is 7.16. The summed E-state index contributed by atoms with van der Waals surface area (Å²) in [4.78, 5) is 1.02. The first-order valence-corrected chi connectivity index (χ1v) is 8.30. The zero-order valence-electron chi connectivity index (χ0n) is 11.5. The number of H-pyrrole nitrogens is 1. The molecule has 0 aliphatic carbocycles. The van der Waals surface area contributed by atoms with Gasteiger partial charge in [0.15, 0.2) is 5.82 Å². The summed E-state index contributed by atoms with van der Waals surface area (Å²) in [6.07, 6.45) is 1.76. The molecule has 0 bridgehead atoms. The van der Waals surface area contributed by atoms with Crippen molar-refractivity contribution in [2.75, 3.05) is 7.11 Å². The van der Waals surface area contributed by atoms with E-state index in [0.29, 0.717) is 10.6 Å². The summed E-state index contributed by atoms with van der Waals surface area (Å²) in [5, 5.41) is 11.4. The third-order valence-electron chi connectivity index (χ3n) is 2.89. The Morgan fingerprint density at radius 2 is 2.09 bits per heavy atom. The number of methoxy groups -OCH3 is 1. The molecule has 112 valence electrons. The molecule has 1 N–H and O–H groups in total. The van der Waals surface area contributed by atoms with Gasteiger partial charge in [0.2, 0.25) is 4.77 Å². The van der Waals surface area contributed by atoms with Gasteiger partial charge in [-0.1, -0.05) is 0 Å². The van der Waals surface area contributed by atoms with Gasteiger partial charge in [-0.15, -0.1) is 11.3 Å². The van der Waals surface area contributed by atoms with Crippen LogP contribution in [0.2, 0.25) is 0 Å². The summed E-state index contributed by atoms with van der Waals surface area (Å²) in [6.45, 7) is 0. The molecule has 3 aromatic rings. The molecule has 22 heavy (non-hydrogen) atoms. The van der Waals surface area contributed by atoms with E-state index in [1.165, 1.54) is 0 Å². The van der Waals surface area contributed by atoms with E-state index >= 15 is 0 Å². The van der Waals surface area contributed by atoms with Crippen LogP contribution in [-0.4, -0.2) is 28.2 Å². The van der Waals surface area contributed by atoms with Crippen molar-refractivity contribution >= 4 is 45.7 Å². The maximum absolute atomic E-state index is 5.24. The Bertz CT molecular complexity index is 864. The van der Waals surface area contributed by atoms with Gasteiger partial charge in [0.05, 0.1) is 17.1 Å². The minimum atomic E-state index is 0.442. The number of aromatic nitrogens is 3. The Morgan fingerprint density at radius 3 is 2.73 bits per heavy atom. The van der Waals surface area contributed by atoms with E-state index in [0.717, 1.165) is 20.0 Å². The Balaban J connectivity index is 1.96. The van der Waals surface area contributed by atoms with Gasteiger partial charge in [0, 0.05) is 10.4 Å². The van der Waals surface area contributed by atoms with Gasteiger partial charge in [-0.3, -0.25) is 0 Å². The first kappa shape index (κ1) is 15.1. The molecule has 0 unspecified atom stereocenters. The van der Waals surface area contributed by atoms with Gasteiger partial charge in [0.1, 0.15) is 5.75 Å². The van der Waals surface area contributed by atoms with E-state index < -0.39 is 0 Å². The standard InChI is InChI=1S/C14H11BrN4OS2/c1-20-10-4-2-9(3-5-10)13-17-18-14(21)19(13)16-8-11-6-7-12(15)22-11/h2-8H,1H3,(H,18,21)/b16-8+. The van der Waals surface area contributed by atoms with Crippen LogP contribution in [0.1, 0.15) is 4.88 Å². The molecular weight excluding hydrogens is 384 g/mol. The van der Waals surface area contributed by atoms with Crippen molar-refractivity contribution in [2.45, 2.75) is 0 Å². The van der Waals surface area contributed by atoms with Gasteiger partial charge in [-0.2, -0.15) is 14.9 Å². The van der Waals surface area contributed by atoms with Crippen LogP contribution in [0.3, 0.4) is 0 Å². The third kappa shape index (κ3) is 3.18. The van der Waals surface area contributed by atoms with Crippen molar-refractivity contribution in [3.05, 3.63) is 49.8 Å². The number of nitrogens with one attached hydrogen (secondary N) is 1. The fourth-order valence-electron chi connectivity index (χ4n) is 1.84. The maximum atomic E-state index is 5.24. The van der Waals surface area contributed by atoms with E-state index in [-0.39, 0.29) is 0 Å². The van der Waals surface area contributed by atoms with Crippen molar-refractivity contribution in [3.63, 3.8) is 0 Å². The van der Waals surface area contributed by atoms with Gasteiger partial charge in [-0.25, -0.2) is 5.10 Å². The van der Waals surface area contributed by atoms with Crippen molar-refractivity contribution in [1.82, 2.24) is 14.9 Å². The van der Waals surface area contributed by atoms with Crippen LogP contribution in [0, 0.1) is 4.77 Å². The van der Waals surface area contributed by atoms with E-state index in [1.54, 1.807) is 29.3 Å². The molecule has 0 saturated carbocycles. The van der Waals surface area contributed by atoms with Gasteiger partial charge in [-0.05, 0) is 64.5 Å². The molecule has 0 amide bonds. The lowest BCUT2D eigenvalue weighted by Crippen LogP contribution is -1.94. The highest BCUT2D eigenvalue weighted by atomic mass is 79.9. The predicted molar refractivity (Wildman–Crippen MR) is 94.4 cm³/mol. The molecule has 5 nitrogen and oxygen atoms in total. The SMILES string of the molecule is COc1ccc(-c2n[nH]c(=S)n2/N=C/c2ccc(Br)s2)cc1. The van der Waals surface area contributed by atoms with E-state index in [4.69, 9.17) is 17.0 Å². The van der Waals surface area contributed by atoms with Crippen molar-refractivity contribution < 1.29 is 4.74 Å². The molecule has 2 heterocycles. The number of rotatable bonds is 4. The predicted octanol–water partition coefficient (Wildman–Crippen LogP) is 4.32. The maximum Gasteiger partial charge on any atom is 0.216 e. The number of nitrogens with zero attached hydrogens (tertiary/aromatic N) is 3. The topological polar surface area (TPSA) is 55.2 Å². The Hall–Kier alpha value is -1.77. The molecule has 0 aliphatic rings. The fraction of sp³-hybridized carbons (Fsp3) is 0.0714. The number of hydrogen-bond donors (Lipinski definition) is 1. The normalized spacial score (nSPS) is 11.2. The minimum Gasteiger partial charge on any atom is -0.497 e.